The molecule has 0 aliphatic heterocycles. The quantitative estimate of drug-likeness (QED) is 0.743. The highest BCUT2D eigenvalue weighted by Gasteiger charge is 2.14. The standard InChI is InChI=1S/C16H17N5O2S/c1-9(13-8-24-10(2)18-13)17-15(22)12-6-4-11(5-7-12)14-19-16(23-3)21-20-14/h4-9H,1-3H3,(H,17,22)(H,19,20,21)/t9-/m1/s1. The van der Waals surface area contributed by atoms with Gasteiger partial charge in [0.1, 0.15) is 0 Å². The Balaban J connectivity index is 1.69. The fourth-order valence-corrected chi connectivity index (χ4v) is 2.89. The van der Waals surface area contributed by atoms with Crippen molar-refractivity contribution in [2.24, 2.45) is 0 Å². The highest BCUT2D eigenvalue weighted by molar-refractivity contribution is 7.09. The van der Waals surface area contributed by atoms with E-state index < -0.39 is 0 Å². The van der Waals surface area contributed by atoms with Crippen LogP contribution in [0.5, 0.6) is 6.01 Å². The first-order valence-electron chi connectivity index (χ1n) is 7.36. The molecule has 124 valence electrons. The lowest BCUT2D eigenvalue weighted by Crippen LogP contribution is -2.26. The molecule has 0 fully saturated rings. The number of methoxy groups -OCH3 is 1. The molecule has 0 aliphatic rings. The van der Waals surface area contributed by atoms with Gasteiger partial charge in [0, 0.05) is 16.5 Å². The van der Waals surface area contributed by atoms with Gasteiger partial charge in [0.05, 0.1) is 23.9 Å². The second-order valence-electron chi connectivity index (χ2n) is 5.23. The fourth-order valence-electron chi connectivity index (χ4n) is 2.18. The van der Waals surface area contributed by atoms with Crippen molar-refractivity contribution in [3.05, 3.63) is 45.9 Å². The molecule has 0 unspecified atom stereocenters. The van der Waals surface area contributed by atoms with Crippen LogP contribution in [0.3, 0.4) is 0 Å². The highest BCUT2D eigenvalue weighted by Crippen LogP contribution is 2.19. The fraction of sp³-hybridized carbons (Fsp3) is 0.250. The van der Waals surface area contributed by atoms with Crippen LogP contribution in [0.2, 0.25) is 0 Å². The van der Waals surface area contributed by atoms with Gasteiger partial charge in [-0.2, -0.15) is 4.98 Å². The number of amides is 1. The van der Waals surface area contributed by atoms with Crippen molar-refractivity contribution in [2.45, 2.75) is 19.9 Å². The maximum Gasteiger partial charge on any atom is 0.335 e. The van der Waals surface area contributed by atoms with Crippen molar-refractivity contribution < 1.29 is 9.53 Å². The summed E-state index contributed by atoms with van der Waals surface area (Å²) in [5.74, 6) is 0.444. The van der Waals surface area contributed by atoms with Gasteiger partial charge in [-0.3, -0.25) is 9.89 Å². The minimum Gasteiger partial charge on any atom is -0.466 e. The molecule has 1 atom stereocenters. The molecule has 1 aromatic carbocycles. The number of carbonyl (C=O) groups is 1. The average Bonchev–Trinajstić information content (AvgIpc) is 3.23. The molecule has 2 N–H and O–H groups in total. The smallest absolute Gasteiger partial charge is 0.335 e. The maximum absolute atomic E-state index is 12.3. The minimum atomic E-state index is -0.144. The van der Waals surface area contributed by atoms with Gasteiger partial charge in [-0.05, 0) is 26.0 Å². The first kappa shape index (κ1) is 16.1. The lowest BCUT2D eigenvalue weighted by molar-refractivity contribution is 0.0939. The summed E-state index contributed by atoms with van der Waals surface area (Å²) in [6.07, 6.45) is 0. The molecular formula is C16H17N5O2S. The van der Waals surface area contributed by atoms with E-state index in [1.807, 2.05) is 31.4 Å². The predicted octanol–water partition coefficient (Wildman–Crippen LogP) is 2.74. The van der Waals surface area contributed by atoms with E-state index in [1.165, 1.54) is 7.11 Å². The third-order valence-electron chi connectivity index (χ3n) is 3.50. The zero-order valence-corrected chi connectivity index (χ0v) is 14.3. The Bertz CT molecular complexity index is 840. The van der Waals surface area contributed by atoms with Crippen molar-refractivity contribution >= 4 is 17.2 Å². The van der Waals surface area contributed by atoms with E-state index >= 15 is 0 Å². The van der Waals surface area contributed by atoms with E-state index in [4.69, 9.17) is 4.74 Å². The summed E-state index contributed by atoms with van der Waals surface area (Å²) in [4.78, 5) is 20.9. The molecule has 0 radical (unpaired) electrons. The van der Waals surface area contributed by atoms with Gasteiger partial charge in [-0.1, -0.05) is 12.1 Å². The number of aromatic nitrogens is 4. The van der Waals surface area contributed by atoms with Crippen LogP contribution in [-0.2, 0) is 0 Å². The molecular weight excluding hydrogens is 326 g/mol. The Morgan fingerprint density at radius 3 is 2.62 bits per heavy atom. The second-order valence-corrected chi connectivity index (χ2v) is 6.30. The van der Waals surface area contributed by atoms with Crippen molar-refractivity contribution in [1.29, 1.82) is 0 Å². The Morgan fingerprint density at radius 2 is 2.04 bits per heavy atom. The minimum absolute atomic E-state index is 0.138. The summed E-state index contributed by atoms with van der Waals surface area (Å²) in [5.41, 5.74) is 2.27. The van der Waals surface area contributed by atoms with E-state index in [0.29, 0.717) is 11.4 Å². The van der Waals surface area contributed by atoms with Crippen LogP contribution in [0.15, 0.2) is 29.6 Å². The Hall–Kier alpha value is -2.74. The largest absolute Gasteiger partial charge is 0.466 e. The molecule has 0 saturated heterocycles. The van der Waals surface area contributed by atoms with Gasteiger partial charge in [-0.25, -0.2) is 4.98 Å². The first-order chi connectivity index (χ1) is 11.6. The van der Waals surface area contributed by atoms with Crippen LogP contribution < -0.4 is 10.1 Å². The molecule has 8 heteroatoms. The summed E-state index contributed by atoms with van der Waals surface area (Å²) in [7, 11) is 1.51. The maximum atomic E-state index is 12.3. The summed E-state index contributed by atoms with van der Waals surface area (Å²) < 4.78 is 4.94. The van der Waals surface area contributed by atoms with Gasteiger partial charge >= 0.3 is 6.01 Å². The molecule has 7 nitrogen and oxygen atoms in total. The van der Waals surface area contributed by atoms with Gasteiger partial charge in [0.15, 0.2) is 5.82 Å². The molecule has 1 amide bonds. The van der Waals surface area contributed by atoms with Crippen LogP contribution in [0.4, 0.5) is 0 Å². The molecule has 0 bridgehead atoms. The zero-order chi connectivity index (χ0) is 17.1. The van der Waals surface area contributed by atoms with Crippen LogP contribution in [0, 0.1) is 6.92 Å². The SMILES string of the molecule is COc1n[nH]c(-c2ccc(C(=O)N[C@H](C)c3csc(C)n3)cc2)n1. The van der Waals surface area contributed by atoms with Gasteiger partial charge in [0.2, 0.25) is 0 Å². The van der Waals surface area contributed by atoms with E-state index in [0.717, 1.165) is 16.3 Å². The monoisotopic (exact) mass is 343 g/mol. The molecule has 2 aromatic heterocycles. The number of thiazole rings is 1. The van der Waals surface area contributed by atoms with Crippen molar-refractivity contribution in [3.63, 3.8) is 0 Å². The summed E-state index contributed by atoms with van der Waals surface area (Å²) in [6, 6.07) is 7.26. The number of nitrogens with zero attached hydrogens (tertiary/aromatic N) is 3. The van der Waals surface area contributed by atoms with E-state index in [2.05, 4.69) is 25.5 Å². The number of H-pyrrole nitrogens is 1. The van der Waals surface area contributed by atoms with Crippen LogP contribution in [-0.4, -0.2) is 33.2 Å². The number of ether oxygens (including phenoxy) is 1. The van der Waals surface area contributed by atoms with Crippen LogP contribution >= 0.6 is 11.3 Å². The first-order valence-corrected chi connectivity index (χ1v) is 8.24. The molecule has 3 aromatic rings. The third kappa shape index (κ3) is 3.43. The summed E-state index contributed by atoms with van der Waals surface area (Å²) in [6.45, 7) is 3.86. The normalized spacial score (nSPS) is 12.0. The predicted molar refractivity (Wildman–Crippen MR) is 91.1 cm³/mol. The number of aryl methyl sites for hydroxylation is 1. The van der Waals surface area contributed by atoms with E-state index in [1.54, 1.807) is 23.5 Å². The molecule has 0 aliphatic carbocycles. The number of aromatic amines is 1. The summed E-state index contributed by atoms with van der Waals surface area (Å²) >= 11 is 1.57. The lowest BCUT2D eigenvalue weighted by Gasteiger charge is -2.11. The number of nitrogens with one attached hydrogen (secondary N) is 2. The number of hydrogen-bond donors (Lipinski definition) is 2. The average molecular weight is 343 g/mol. The second kappa shape index (κ2) is 6.79. The third-order valence-corrected chi connectivity index (χ3v) is 4.29. The highest BCUT2D eigenvalue weighted by atomic mass is 32.1. The van der Waals surface area contributed by atoms with Gasteiger partial charge < -0.3 is 10.1 Å². The lowest BCUT2D eigenvalue weighted by atomic mass is 10.1. The Labute approximate surface area is 143 Å². The van der Waals surface area contributed by atoms with Crippen LogP contribution in [0.25, 0.3) is 11.4 Å². The molecule has 0 spiro atoms. The van der Waals surface area contributed by atoms with E-state index in [9.17, 15) is 4.79 Å². The molecule has 3 rings (SSSR count). The zero-order valence-electron chi connectivity index (χ0n) is 13.5. The van der Waals surface area contributed by atoms with E-state index in [-0.39, 0.29) is 18.0 Å². The molecule has 2 heterocycles. The van der Waals surface area contributed by atoms with Gasteiger partial charge in [-0.15, -0.1) is 16.4 Å². The van der Waals surface area contributed by atoms with Crippen molar-refractivity contribution in [3.8, 4) is 17.4 Å². The molecule has 24 heavy (non-hydrogen) atoms. The van der Waals surface area contributed by atoms with Crippen molar-refractivity contribution in [1.82, 2.24) is 25.5 Å². The number of carbonyl (C=O) groups excluding carboxylic acids is 1. The summed E-state index contributed by atoms with van der Waals surface area (Å²) in [5, 5.41) is 12.6. The molecule has 0 saturated carbocycles. The van der Waals surface area contributed by atoms with Crippen LogP contribution in [0.1, 0.15) is 34.0 Å². The topological polar surface area (TPSA) is 92.8 Å². The van der Waals surface area contributed by atoms with Gasteiger partial charge in [0.25, 0.3) is 5.91 Å². The van der Waals surface area contributed by atoms with Crippen molar-refractivity contribution in [2.75, 3.05) is 7.11 Å². The Morgan fingerprint density at radius 1 is 1.29 bits per heavy atom. The number of hydrogen-bond acceptors (Lipinski definition) is 6. The Kier molecular flexibility index (Phi) is 4.57. The number of rotatable bonds is 5. The number of benzene rings is 1.